The number of methoxy groups -OCH3 is 2. The Morgan fingerprint density at radius 3 is 2.64 bits per heavy atom. The third-order valence-electron chi connectivity index (χ3n) is 4.36. The van der Waals surface area contributed by atoms with E-state index < -0.39 is 0 Å². The minimum atomic E-state index is -0.0973. The summed E-state index contributed by atoms with van der Waals surface area (Å²) >= 11 is 3.59. The van der Waals surface area contributed by atoms with Crippen LogP contribution in [-0.4, -0.2) is 39.3 Å². The largest absolute Gasteiger partial charge is 0.493 e. The number of benzene rings is 2. The summed E-state index contributed by atoms with van der Waals surface area (Å²) in [7, 11) is 3.14. The highest BCUT2D eigenvalue weighted by atomic mass is 79.9. The predicted octanol–water partition coefficient (Wildman–Crippen LogP) is 3.48. The number of amides is 1. The molecule has 0 aromatic heterocycles. The SMILES string of the molecule is COc1ccc(C(=O)N[C@@H]2CCN(c3ccccc3Br)C2)cc1OC. The molecule has 1 aliphatic rings. The highest BCUT2D eigenvalue weighted by Gasteiger charge is 2.25. The van der Waals surface area contributed by atoms with E-state index in [9.17, 15) is 4.79 Å². The Kier molecular flexibility index (Phi) is 5.48. The summed E-state index contributed by atoms with van der Waals surface area (Å²) in [6, 6.07) is 13.5. The van der Waals surface area contributed by atoms with Crippen LogP contribution in [0.15, 0.2) is 46.9 Å². The maximum Gasteiger partial charge on any atom is 0.251 e. The number of para-hydroxylation sites is 1. The van der Waals surface area contributed by atoms with Crippen molar-refractivity contribution in [3.05, 3.63) is 52.5 Å². The average molecular weight is 405 g/mol. The first kappa shape index (κ1) is 17.6. The molecule has 5 nitrogen and oxygen atoms in total. The van der Waals surface area contributed by atoms with Crippen molar-refractivity contribution in [1.29, 1.82) is 0 Å². The molecular weight excluding hydrogens is 384 g/mol. The Balaban J connectivity index is 1.65. The summed E-state index contributed by atoms with van der Waals surface area (Å²) < 4.78 is 11.5. The van der Waals surface area contributed by atoms with Crippen LogP contribution in [0.1, 0.15) is 16.8 Å². The highest BCUT2D eigenvalue weighted by Crippen LogP contribution is 2.29. The van der Waals surface area contributed by atoms with E-state index in [1.165, 1.54) is 0 Å². The second-order valence-electron chi connectivity index (χ2n) is 5.93. The number of hydrogen-bond acceptors (Lipinski definition) is 4. The van der Waals surface area contributed by atoms with Crippen LogP contribution < -0.4 is 19.7 Å². The molecule has 6 heteroatoms. The lowest BCUT2D eigenvalue weighted by Gasteiger charge is -2.20. The average Bonchev–Trinajstić information content (AvgIpc) is 3.09. The van der Waals surface area contributed by atoms with Gasteiger partial charge >= 0.3 is 0 Å². The molecule has 132 valence electrons. The van der Waals surface area contributed by atoms with Gasteiger partial charge in [0.05, 0.1) is 19.9 Å². The van der Waals surface area contributed by atoms with Gasteiger partial charge in [-0.3, -0.25) is 4.79 Å². The number of carbonyl (C=O) groups is 1. The number of anilines is 1. The van der Waals surface area contributed by atoms with Crippen molar-refractivity contribution in [2.24, 2.45) is 0 Å². The number of nitrogens with one attached hydrogen (secondary N) is 1. The molecule has 1 aliphatic heterocycles. The molecule has 3 rings (SSSR count). The van der Waals surface area contributed by atoms with Gasteiger partial charge in [-0.1, -0.05) is 12.1 Å². The molecule has 0 radical (unpaired) electrons. The topological polar surface area (TPSA) is 50.8 Å². The van der Waals surface area contributed by atoms with E-state index in [2.05, 4.69) is 32.2 Å². The molecule has 25 heavy (non-hydrogen) atoms. The van der Waals surface area contributed by atoms with Gasteiger partial charge in [0.2, 0.25) is 0 Å². The zero-order chi connectivity index (χ0) is 17.8. The molecule has 0 spiro atoms. The van der Waals surface area contributed by atoms with Gasteiger partial charge in [-0.2, -0.15) is 0 Å². The summed E-state index contributed by atoms with van der Waals surface area (Å²) in [6.45, 7) is 1.71. The van der Waals surface area contributed by atoms with Crippen LogP contribution in [0.2, 0.25) is 0 Å². The number of carbonyl (C=O) groups excluding carboxylic acids is 1. The van der Waals surface area contributed by atoms with Crippen LogP contribution in [0.4, 0.5) is 5.69 Å². The third-order valence-corrected chi connectivity index (χ3v) is 5.03. The minimum absolute atomic E-state index is 0.0973. The predicted molar refractivity (Wildman–Crippen MR) is 102 cm³/mol. The van der Waals surface area contributed by atoms with E-state index in [-0.39, 0.29) is 11.9 Å². The fraction of sp³-hybridized carbons (Fsp3) is 0.316. The van der Waals surface area contributed by atoms with E-state index in [4.69, 9.17) is 9.47 Å². The van der Waals surface area contributed by atoms with E-state index in [1.54, 1.807) is 32.4 Å². The van der Waals surface area contributed by atoms with Gasteiger partial charge < -0.3 is 19.7 Å². The van der Waals surface area contributed by atoms with Gasteiger partial charge in [0.25, 0.3) is 5.91 Å². The lowest BCUT2D eigenvalue weighted by atomic mass is 10.1. The second-order valence-corrected chi connectivity index (χ2v) is 6.78. The fourth-order valence-electron chi connectivity index (χ4n) is 3.05. The van der Waals surface area contributed by atoms with Crippen LogP contribution in [0.5, 0.6) is 11.5 Å². The first-order valence-corrected chi connectivity index (χ1v) is 8.94. The molecule has 1 amide bonds. The molecule has 0 saturated carbocycles. The van der Waals surface area contributed by atoms with Crippen LogP contribution in [0.25, 0.3) is 0 Å². The normalized spacial score (nSPS) is 16.6. The molecule has 1 saturated heterocycles. The Morgan fingerprint density at radius 1 is 1.16 bits per heavy atom. The number of rotatable bonds is 5. The molecule has 0 bridgehead atoms. The van der Waals surface area contributed by atoms with Gasteiger partial charge in [0.15, 0.2) is 11.5 Å². The standard InChI is InChI=1S/C19H21BrN2O3/c1-24-17-8-7-13(11-18(17)25-2)19(23)21-14-9-10-22(12-14)16-6-4-3-5-15(16)20/h3-8,11,14H,9-10,12H2,1-2H3,(H,21,23)/t14-/m1/s1. The smallest absolute Gasteiger partial charge is 0.251 e. The Hall–Kier alpha value is -2.21. The van der Waals surface area contributed by atoms with Crippen LogP contribution >= 0.6 is 15.9 Å². The first-order valence-electron chi connectivity index (χ1n) is 8.14. The van der Waals surface area contributed by atoms with Crippen LogP contribution in [-0.2, 0) is 0 Å². The van der Waals surface area contributed by atoms with E-state index in [0.717, 1.165) is 29.7 Å². The molecule has 1 N–H and O–H groups in total. The van der Waals surface area contributed by atoms with E-state index in [0.29, 0.717) is 17.1 Å². The maximum atomic E-state index is 12.5. The molecule has 0 aliphatic carbocycles. The van der Waals surface area contributed by atoms with Crippen LogP contribution in [0, 0.1) is 0 Å². The van der Waals surface area contributed by atoms with Gasteiger partial charge in [-0.15, -0.1) is 0 Å². The van der Waals surface area contributed by atoms with Crippen LogP contribution in [0.3, 0.4) is 0 Å². The fourth-order valence-corrected chi connectivity index (χ4v) is 3.59. The zero-order valence-electron chi connectivity index (χ0n) is 14.3. The number of ether oxygens (including phenoxy) is 2. The third kappa shape index (κ3) is 3.90. The monoisotopic (exact) mass is 404 g/mol. The van der Waals surface area contributed by atoms with Crippen molar-refractivity contribution >= 4 is 27.5 Å². The minimum Gasteiger partial charge on any atom is -0.493 e. The van der Waals surface area contributed by atoms with Crippen molar-refractivity contribution in [3.63, 3.8) is 0 Å². The number of hydrogen-bond donors (Lipinski definition) is 1. The van der Waals surface area contributed by atoms with Crippen molar-refractivity contribution in [1.82, 2.24) is 5.32 Å². The van der Waals surface area contributed by atoms with E-state index >= 15 is 0 Å². The van der Waals surface area contributed by atoms with Gasteiger partial charge in [-0.25, -0.2) is 0 Å². The highest BCUT2D eigenvalue weighted by molar-refractivity contribution is 9.10. The molecular formula is C19H21BrN2O3. The summed E-state index contributed by atoms with van der Waals surface area (Å²) in [5.74, 6) is 1.07. The molecule has 2 aromatic carbocycles. The van der Waals surface area contributed by atoms with Gasteiger partial charge in [0.1, 0.15) is 0 Å². The van der Waals surface area contributed by atoms with E-state index in [1.807, 2.05) is 18.2 Å². The molecule has 2 aromatic rings. The quantitative estimate of drug-likeness (QED) is 0.828. The molecule has 1 atom stereocenters. The lowest BCUT2D eigenvalue weighted by Crippen LogP contribution is -2.37. The molecule has 1 fully saturated rings. The molecule has 0 unspecified atom stereocenters. The Bertz CT molecular complexity index is 766. The van der Waals surface area contributed by atoms with Crippen molar-refractivity contribution < 1.29 is 14.3 Å². The first-order chi connectivity index (χ1) is 12.1. The maximum absolute atomic E-state index is 12.5. The van der Waals surface area contributed by atoms with Crippen molar-refractivity contribution in [2.45, 2.75) is 12.5 Å². The molecule has 1 heterocycles. The van der Waals surface area contributed by atoms with Gasteiger partial charge in [-0.05, 0) is 52.7 Å². The second kappa shape index (κ2) is 7.78. The summed E-state index contributed by atoms with van der Waals surface area (Å²) in [5, 5.41) is 3.11. The summed E-state index contributed by atoms with van der Waals surface area (Å²) in [4.78, 5) is 14.8. The number of halogens is 1. The van der Waals surface area contributed by atoms with Crippen molar-refractivity contribution in [2.75, 3.05) is 32.2 Å². The lowest BCUT2D eigenvalue weighted by molar-refractivity contribution is 0.0940. The summed E-state index contributed by atoms with van der Waals surface area (Å²) in [5.41, 5.74) is 1.72. The zero-order valence-corrected chi connectivity index (χ0v) is 15.9. The van der Waals surface area contributed by atoms with Crippen molar-refractivity contribution in [3.8, 4) is 11.5 Å². The Labute approximate surface area is 156 Å². The number of nitrogens with zero attached hydrogens (tertiary/aromatic N) is 1. The Morgan fingerprint density at radius 2 is 1.92 bits per heavy atom. The summed E-state index contributed by atoms with van der Waals surface area (Å²) in [6.07, 6.45) is 0.917. The van der Waals surface area contributed by atoms with Gasteiger partial charge in [0, 0.05) is 29.2 Å².